The molecule has 3 heteroatoms. The van der Waals surface area contributed by atoms with Gasteiger partial charge in [0.1, 0.15) is 0 Å². The molecule has 0 aliphatic carbocycles. The van der Waals surface area contributed by atoms with Crippen LogP contribution in [0.25, 0.3) is 0 Å². The van der Waals surface area contributed by atoms with Gasteiger partial charge in [-0.25, -0.2) is 0 Å². The molecule has 1 aliphatic rings. The molecular formula is C14H30N2O. The van der Waals surface area contributed by atoms with Crippen molar-refractivity contribution in [2.24, 2.45) is 5.41 Å². The zero-order valence-corrected chi connectivity index (χ0v) is 12.3. The zero-order chi connectivity index (χ0) is 12.9. The van der Waals surface area contributed by atoms with Gasteiger partial charge in [-0.15, -0.1) is 0 Å². The van der Waals surface area contributed by atoms with Crippen molar-refractivity contribution in [2.45, 2.75) is 52.7 Å². The topological polar surface area (TPSA) is 24.5 Å². The van der Waals surface area contributed by atoms with E-state index in [0.717, 1.165) is 19.6 Å². The van der Waals surface area contributed by atoms with Gasteiger partial charge < -0.3 is 10.1 Å². The number of ether oxygens (including phenoxy) is 1. The predicted molar refractivity (Wildman–Crippen MR) is 73.4 cm³/mol. The fraction of sp³-hybridized carbons (Fsp3) is 1.00. The maximum Gasteiger partial charge on any atom is 0.0678 e. The summed E-state index contributed by atoms with van der Waals surface area (Å²) in [4.78, 5) is 2.59. The van der Waals surface area contributed by atoms with Crippen molar-refractivity contribution in [1.82, 2.24) is 10.2 Å². The van der Waals surface area contributed by atoms with E-state index in [-0.39, 0.29) is 0 Å². The fourth-order valence-corrected chi connectivity index (χ4v) is 3.04. The van der Waals surface area contributed by atoms with E-state index in [2.05, 4.69) is 45.0 Å². The van der Waals surface area contributed by atoms with Gasteiger partial charge >= 0.3 is 0 Å². The summed E-state index contributed by atoms with van der Waals surface area (Å²) in [6, 6.07) is 0. The SMILES string of the molecule is CCC(CC)(CNC)CN1CC(C)OC(C)C1. The summed E-state index contributed by atoms with van der Waals surface area (Å²) in [5.74, 6) is 0. The summed E-state index contributed by atoms with van der Waals surface area (Å²) < 4.78 is 5.80. The van der Waals surface area contributed by atoms with Crippen LogP contribution in [0.2, 0.25) is 0 Å². The highest BCUT2D eigenvalue weighted by molar-refractivity contribution is 4.85. The Balaban J connectivity index is 2.59. The Hall–Kier alpha value is -0.120. The Bertz CT molecular complexity index is 206. The summed E-state index contributed by atoms with van der Waals surface area (Å²) in [6.07, 6.45) is 3.23. The minimum Gasteiger partial charge on any atom is -0.373 e. The zero-order valence-electron chi connectivity index (χ0n) is 12.3. The average Bonchev–Trinajstić information content (AvgIpc) is 2.27. The van der Waals surface area contributed by atoms with Gasteiger partial charge in [0.2, 0.25) is 0 Å². The average molecular weight is 242 g/mol. The second-order valence-electron chi connectivity index (χ2n) is 5.69. The van der Waals surface area contributed by atoms with E-state index in [1.807, 2.05) is 0 Å². The van der Waals surface area contributed by atoms with Crippen LogP contribution in [0.1, 0.15) is 40.5 Å². The second kappa shape index (κ2) is 6.72. The Morgan fingerprint density at radius 3 is 2.12 bits per heavy atom. The first-order valence-corrected chi connectivity index (χ1v) is 7.07. The minimum absolute atomic E-state index is 0.375. The first kappa shape index (κ1) is 14.9. The van der Waals surface area contributed by atoms with Gasteiger partial charge in [0, 0.05) is 26.2 Å². The molecule has 0 aromatic carbocycles. The Kier molecular flexibility index (Phi) is 5.90. The molecule has 2 atom stereocenters. The van der Waals surface area contributed by atoms with Gasteiger partial charge in [0.15, 0.2) is 0 Å². The number of nitrogens with zero attached hydrogens (tertiary/aromatic N) is 1. The molecule has 0 amide bonds. The van der Waals surface area contributed by atoms with Gasteiger partial charge in [-0.2, -0.15) is 0 Å². The minimum atomic E-state index is 0.375. The van der Waals surface area contributed by atoms with Crippen molar-refractivity contribution < 1.29 is 4.74 Å². The summed E-state index contributed by atoms with van der Waals surface area (Å²) in [7, 11) is 2.06. The first-order valence-electron chi connectivity index (χ1n) is 7.07. The maximum absolute atomic E-state index is 5.80. The molecule has 1 N–H and O–H groups in total. The van der Waals surface area contributed by atoms with Crippen molar-refractivity contribution in [3.63, 3.8) is 0 Å². The molecule has 0 radical (unpaired) electrons. The molecule has 0 saturated carbocycles. The molecular weight excluding hydrogens is 212 g/mol. The van der Waals surface area contributed by atoms with Gasteiger partial charge in [0.05, 0.1) is 12.2 Å². The highest BCUT2D eigenvalue weighted by atomic mass is 16.5. The third-order valence-corrected chi connectivity index (χ3v) is 4.11. The lowest BCUT2D eigenvalue weighted by Crippen LogP contribution is -2.51. The monoisotopic (exact) mass is 242 g/mol. The smallest absolute Gasteiger partial charge is 0.0678 e. The van der Waals surface area contributed by atoms with E-state index in [9.17, 15) is 0 Å². The summed E-state index contributed by atoms with van der Waals surface area (Å²) in [5.41, 5.74) is 0.422. The van der Waals surface area contributed by atoms with Gasteiger partial charge in [-0.05, 0) is 39.2 Å². The largest absolute Gasteiger partial charge is 0.373 e. The van der Waals surface area contributed by atoms with Crippen molar-refractivity contribution in [3.05, 3.63) is 0 Å². The molecule has 3 nitrogen and oxygen atoms in total. The lowest BCUT2D eigenvalue weighted by molar-refractivity contribution is -0.0782. The standard InChI is InChI=1S/C14H30N2O/c1-6-14(7-2,10-15-5)11-16-8-12(3)17-13(4)9-16/h12-13,15H,6-11H2,1-5H3. The summed E-state index contributed by atoms with van der Waals surface area (Å²) in [6.45, 7) is 13.5. The third kappa shape index (κ3) is 4.23. The molecule has 1 fully saturated rings. The van der Waals surface area contributed by atoms with Crippen LogP contribution in [-0.2, 0) is 4.74 Å². The number of hydrogen-bond acceptors (Lipinski definition) is 3. The molecule has 1 aliphatic heterocycles. The van der Waals surface area contributed by atoms with E-state index in [1.54, 1.807) is 0 Å². The number of nitrogens with one attached hydrogen (secondary N) is 1. The molecule has 0 aromatic heterocycles. The van der Waals surface area contributed by atoms with Gasteiger partial charge in [-0.1, -0.05) is 13.8 Å². The van der Waals surface area contributed by atoms with Crippen LogP contribution >= 0.6 is 0 Å². The van der Waals surface area contributed by atoms with Gasteiger partial charge in [0.25, 0.3) is 0 Å². The molecule has 0 spiro atoms. The Morgan fingerprint density at radius 2 is 1.71 bits per heavy atom. The quantitative estimate of drug-likeness (QED) is 0.772. The van der Waals surface area contributed by atoms with Crippen molar-refractivity contribution in [1.29, 1.82) is 0 Å². The third-order valence-electron chi connectivity index (χ3n) is 4.11. The molecule has 102 valence electrons. The van der Waals surface area contributed by atoms with Crippen molar-refractivity contribution in [3.8, 4) is 0 Å². The van der Waals surface area contributed by atoms with Crippen LogP contribution in [0.5, 0.6) is 0 Å². The van der Waals surface area contributed by atoms with Crippen LogP contribution in [0.4, 0.5) is 0 Å². The van der Waals surface area contributed by atoms with E-state index in [0.29, 0.717) is 17.6 Å². The molecule has 0 bridgehead atoms. The normalized spacial score (nSPS) is 27.4. The number of morpholine rings is 1. The maximum atomic E-state index is 5.80. The Morgan fingerprint density at radius 1 is 1.18 bits per heavy atom. The van der Waals surface area contributed by atoms with E-state index in [4.69, 9.17) is 4.74 Å². The summed E-state index contributed by atoms with van der Waals surface area (Å²) in [5, 5.41) is 3.36. The van der Waals surface area contributed by atoms with Crippen molar-refractivity contribution >= 4 is 0 Å². The number of hydrogen-bond donors (Lipinski definition) is 1. The Labute approximate surface area is 107 Å². The van der Waals surface area contributed by atoms with Gasteiger partial charge in [-0.3, -0.25) is 4.90 Å². The second-order valence-corrected chi connectivity index (χ2v) is 5.69. The first-order chi connectivity index (χ1) is 8.05. The lowest BCUT2D eigenvalue weighted by atomic mass is 9.81. The molecule has 1 heterocycles. The molecule has 17 heavy (non-hydrogen) atoms. The van der Waals surface area contributed by atoms with Crippen LogP contribution < -0.4 is 5.32 Å². The van der Waals surface area contributed by atoms with E-state index in [1.165, 1.54) is 19.4 Å². The van der Waals surface area contributed by atoms with E-state index >= 15 is 0 Å². The molecule has 0 aromatic rings. The summed E-state index contributed by atoms with van der Waals surface area (Å²) >= 11 is 0. The fourth-order valence-electron chi connectivity index (χ4n) is 3.04. The van der Waals surface area contributed by atoms with Crippen LogP contribution in [0, 0.1) is 5.41 Å². The molecule has 1 rings (SSSR count). The highest BCUT2D eigenvalue weighted by Gasteiger charge is 2.31. The highest BCUT2D eigenvalue weighted by Crippen LogP contribution is 2.28. The van der Waals surface area contributed by atoms with Crippen molar-refractivity contribution in [2.75, 3.05) is 33.2 Å². The number of rotatable bonds is 6. The lowest BCUT2D eigenvalue weighted by Gasteiger charge is -2.42. The predicted octanol–water partition coefficient (Wildman–Crippen LogP) is 2.12. The van der Waals surface area contributed by atoms with E-state index < -0.39 is 0 Å². The molecule has 2 unspecified atom stereocenters. The van der Waals surface area contributed by atoms with Crippen LogP contribution in [0.15, 0.2) is 0 Å². The van der Waals surface area contributed by atoms with Crippen LogP contribution in [-0.4, -0.2) is 50.3 Å². The molecule has 1 saturated heterocycles. The van der Waals surface area contributed by atoms with Crippen LogP contribution in [0.3, 0.4) is 0 Å².